The third kappa shape index (κ3) is 6.41. The van der Waals surface area contributed by atoms with Crippen molar-refractivity contribution in [3.05, 3.63) is 64.1 Å². The Morgan fingerprint density at radius 1 is 1.11 bits per heavy atom. The second kappa shape index (κ2) is 9.93. The number of hydrogen-bond acceptors (Lipinski definition) is 4. The van der Waals surface area contributed by atoms with E-state index < -0.39 is 35.5 Å². The lowest BCUT2D eigenvalue weighted by atomic mass is 10.2. The molecule has 0 aliphatic carbocycles. The number of carbonyl (C=O) groups is 3. The van der Waals surface area contributed by atoms with Crippen molar-refractivity contribution >= 4 is 39.4 Å². The summed E-state index contributed by atoms with van der Waals surface area (Å²) in [5, 5.41) is 4.93. The fourth-order valence-electron chi connectivity index (χ4n) is 2.13. The van der Waals surface area contributed by atoms with Gasteiger partial charge in [0.15, 0.2) is 6.10 Å². The van der Waals surface area contributed by atoms with Crippen LogP contribution in [-0.4, -0.2) is 30.4 Å². The summed E-state index contributed by atoms with van der Waals surface area (Å²) in [6, 6.07) is 9.42. The highest BCUT2D eigenvalue weighted by molar-refractivity contribution is 9.10. The first kappa shape index (κ1) is 21.5. The maximum Gasteiger partial charge on any atom is 0.308 e. The van der Waals surface area contributed by atoms with Crippen LogP contribution in [0.1, 0.15) is 23.7 Å². The summed E-state index contributed by atoms with van der Waals surface area (Å²) in [4.78, 5) is 35.6. The van der Waals surface area contributed by atoms with Gasteiger partial charge in [0.25, 0.3) is 11.8 Å². The predicted octanol–water partition coefficient (Wildman–Crippen LogP) is 3.42. The second-order valence-electron chi connectivity index (χ2n) is 5.76. The van der Waals surface area contributed by atoms with Gasteiger partial charge in [0.1, 0.15) is 11.6 Å². The topological polar surface area (TPSA) is 84.5 Å². The zero-order chi connectivity index (χ0) is 20.7. The van der Waals surface area contributed by atoms with Gasteiger partial charge < -0.3 is 15.4 Å². The third-order valence-electron chi connectivity index (χ3n) is 3.58. The van der Waals surface area contributed by atoms with Crippen molar-refractivity contribution in [2.45, 2.75) is 19.4 Å². The number of ether oxygens (including phenoxy) is 1. The Bertz CT molecular complexity index is 875. The minimum atomic E-state index is -1.04. The van der Waals surface area contributed by atoms with E-state index in [-0.39, 0.29) is 18.5 Å². The Kier molecular flexibility index (Phi) is 7.62. The zero-order valence-corrected chi connectivity index (χ0v) is 16.4. The highest BCUT2D eigenvalue weighted by Gasteiger charge is 2.18. The number of esters is 1. The summed E-state index contributed by atoms with van der Waals surface area (Å²) in [6.07, 6.45) is -1.26. The molecule has 0 aliphatic heterocycles. The molecule has 0 bridgehead atoms. The van der Waals surface area contributed by atoms with Gasteiger partial charge in [-0.05, 0) is 43.3 Å². The van der Waals surface area contributed by atoms with Crippen molar-refractivity contribution in [2.24, 2.45) is 0 Å². The molecule has 2 aromatic rings. The number of halogens is 3. The quantitative estimate of drug-likeness (QED) is 0.627. The van der Waals surface area contributed by atoms with Crippen LogP contribution in [0.25, 0.3) is 0 Å². The van der Waals surface area contributed by atoms with E-state index in [0.717, 1.165) is 16.6 Å². The Morgan fingerprint density at radius 3 is 2.43 bits per heavy atom. The molecule has 0 saturated carbocycles. The van der Waals surface area contributed by atoms with E-state index in [1.54, 1.807) is 24.3 Å². The van der Waals surface area contributed by atoms with Crippen LogP contribution in [0.3, 0.4) is 0 Å². The fourth-order valence-corrected chi connectivity index (χ4v) is 2.40. The average molecular weight is 455 g/mol. The molecule has 0 aliphatic rings. The van der Waals surface area contributed by atoms with Crippen molar-refractivity contribution < 1.29 is 27.9 Å². The van der Waals surface area contributed by atoms with Gasteiger partial charge in [-0.25, -0.2) is 8.78 Å². The SMILES string of the molecule is CC(OC(=O)CCNC(=O)c1ccc(F)cc1F)C(=O)Nc1ccc(Br)cc1. The molecule has 6 nitrogen and oxygen atoms in total. The van der Waals surface area contributed by atoms with Crippen molar-refractivity contribution in [1.82, 2.24) is 5.32 Å². The summed E-state index contributed by atoms with van der Waals surface area (Å²) >= 11 is 3.28. The van der Waals surface area contributed by atoms with Gasteiger partial charge >= 0.3 is 5.97 Å². The standard InChI is InChI=1S/C19H17BrF2N2O4/c1-11(18(26)24-14-5-2-12(20)3-6-14)28-17(25)8-9-23-19(27)15-7-4-13(21)10-16(15)22/h2-7,10-11H,8-9H2,1H3,(H,23,27)(H,24,26). The number of amides is 2. The first-order valence-electron chi connectivity index (χ1n) is 8.25. The van der Waals surface area contributed by atoms with Gasteiger partial charge in [0.05, 0.1) is 12.0 Å². The summed E-state index contributed by atoms with van der Waals surface area (Å²) < 4.78 is 32.2. The first-order valence-corrected chi connectivity index (χ1v) is 9.04. The largest absolute Gasteiger partial charge is 0.452 e. The molecule has 0 heterocycles. The van der Waals surface area contributed by atoms with E-state index >= 15 is 0 Å². The van der Waals surface area contributed by atoms with E-state index in [1.165, 1.54) is 6.92 Å². The molecule has 28 heavy (non-hydrogen) atoms. The average Bonchev–Trinajstić information content (AvgIpc) is 2.63. The number of hydrogen-bond donors (Lipinski definition) is 2. The Balaban J connectivity index is 1.76. The van der Waals surface area contributed by atoms with E-state index in [4.69, 9.17) is 4.74 Å². The Hall–Kier alpha value is -2.81. The molecule has 148 valence electrons. The van der Waals surface area contributed by atoms with Gasteiger partial charge in [0.2, 0.25) is 0 Å². The molecule has 2 N–H and O–H groups in total. The van der Waals surface area contributed by atoms with Crippen molar-refractivity contribution in [3.63, 3.8) is 0 Å². The molecule has 9 heteroatoms. The normalized spacial score (nSPS) is 11.4. The van der Waals surface area contributed by atoms with Crippen LogP contribution in [0.15, 0.2) is 46.9 Å². The minimum absolute atomic E-state index is 0.129. The predicted molar refractivity (Wildman–Crippen MR) is 102 cm³/mol. The lowest BCUT2D eigenvalue weighted by Gasteiger charge is -2.14. The zero-order valence-electron chi connectivity index (χ0n) is 14.8. The molecule has 0 fully saturated rings. The van der Waals surface area contributed by atoms with Crippen molar-refractivity contribution in [1.29, 1.82) is 0 Å². The van der Waals surface area contributed by atoms with E-state index in [0.29, 0.717) is 11.8 Å². The molecule has 0 spiro atoms. The third-order valence-corrected chi connectivity index (χ3v) is 4.11. The molecule has 1 atom stereocenters. The highest BCUT2D eigenvalue weighted by atomic mass is 79.9. The lowest BCUT2D eigenvalue weighted by Crippen LogP contribution is -2.32. The molecule has 0 saturated heterocycles. The summed E-state index contributed by atoms with van der Waals surface area (Å²) in [7, 11) is 0. The molecule has 2 rings (SSSR count). The minimum Gasteiger partial charge on any atom is -0.452 e. The maximum absolute atomic E-state index is 13.5. The second-order valence-corrected chi connectivity index (χ2v) is 6.67. The number of rotatable bonds is 7. The smallest absolute Gasteiger partial charge is 0.308 e. The number of nitrogens with one attached hydrogen (secondary N) is 2. The summed E-state index contributed by atoms with van der Waals surface area (Å²) in [5.41, 5.74) is 0.210. The first-order chi connectivity index (χ1) is 13.3. The van der Waals surface area contributed by atoms with Crippen LogP contribution in [0.4, 0.5) is 14.5 Å². The Morgan fingerprint density at radius 2 is 1.79 bits per heavy atom. The van der Waals surface area contributed by atoms with E-state index in [9.17, 15) is 23.2 Å². The summed E-state index contributed by atoms with van der Waals surface area (Å²) in [5.74, 6) is -3.80. The molecule has 0 radical (unpaired) electrons. The van der Waals surface area contributed by atoms with Gasteiger partial charge in [-0.2, -0.15) is 0 Å². The van der Waals surface area contributed by atoms with Crippen LogP contribution in [0, 0.1) is 11.6 Å². The molecule has 2 amide bonds. The van der Waals surface area contributed by atoms with Crippen molar-refractivity contribution in [3.8, 4) is 0 Å². The van der Waals surface area contributed by atoms with Crippen LogP contribution >= 0.6 is 15.9 Å². The van der Waals surface area contributed by atoms with Gasteiger partial charge in [-0.3, -0.25) is 14.4 Å². The lowest BCUT2D eigenvalue weighted by molar-refractivity contribution is -0.153. The monoisotopic (exact) mass is 454 g/mol. The number of benzene rings is 2. The van der Waals surface area contributed by atoms with E-state index in [1.807, 2.05) is 0 Å². The summed E-state index contributed by atoms with van der Waals surface area (Å²) in [6.45, 7) is 1.29. The molecule has 1 unspecified atom stereocenters. The molecular weight excluding hydrogens is 438 g/mol. The highest BCUT2D eigenvalue weighted by Crippen LogP contribution is 2.14. The van der Waals surface area contributed by atoms with Crippen LogP contribution < -0.4 is 10.6 Å². The van der Waals surface area contributed by atoms with E-state index in [2.05, 4.69) is 26.6 Å². The number of anilines is 1. The Labute approximate surface area is 168 Å². The fraction of sp³-hybridized carbons (Fsp3) is 0.211. The van der Waals surface area contributed by atoms with Gasteiger partial charge in [0, 0.05) is 22.8 Å². The van der Waals surface area contributed by atoms with Crippen LogP contribution in [0.2, 0.25) is 0 Å². The van der Waals surface area contributed by atoms with Crippen molar-refractivity contribution in [2.75, 3.05) is 11.9 Å². The van der Waals surface area contributed by atoms with Crippen LogP contribution in [0.5, 0.6) is 0 Å². The maximum atomic E-state index is 13.5. The molecule has 2 aromatic carbocycles. The molecular formula is C19H17BrF2N2O4. The number of carbonyl (C=O) groups excluding carboxylic acids is 3. The van der Waals surface area contributed by atoms with Crippen LogP contribution in [-0.2, 0) is 14.3 Å². The molecule has 0 aromatic heterocycles. The van der Waals surface area contributed by atoms with Gasteiger partial charge in [-0.1, -0.05) is 15.9 Å². The van der Waals surface area contributed by atoms with Gasteiger partial charge in [-0.15, -0.1) is 0 Å².